The summed E-state index contributed by atoms with van der Waals surface area (Å²) in [5.74, 6) is 1.27. The van der Waals surface area contributed by atoms with Gasteiger partial charge in [-0.2, -0.15) is 0 Å². The first-order valence-corrected chi connectivity index (χ1v) is 12.9. The summed E-state index contributed by atoms with van der Waals surface area (Å²) in [6.07, 6.45) is 18.0. The van der Waals surface area contributed by atoms with Crippen molar-refractivity contribution in [2.45, 2.75) is 118 Å². The van der Waals surface area contributed by atoms with Crippen molar-refractivity contribution in [1.82, 2.24) is 4.57 Å². The first-order chi connectivity index (χ1) is 14.6. The standard InChI is InChI=1S/C27H49N2O2/c1-26(2,3)19-30-24-13-9-7-11-22(24)17-28-15-16-29(21-28)18-23-12-8-10-14-25(23)31-20-27(4,5)6/h15-16,21-25H,7-14,17-20H2,1-6H3/q+1. The van der Waals surface area contributed by atoms with E-state index >= 15 is 0 Å². The van der Waals surface area contributed by atoms with E-state index in [9.17, 15) is 0 Å². The Hall–Kier alpha value is -0.870. The van der Waals surface area contributed by atoms with Crippen LogP contribution in [0.1, 0.15) is 92.9 Å². The van der Waals surface area contributed by atoms with Gasteiger partial charge < -0.3 is 9.47 Å². The van der Waals surface area contributed by atoms with E-state index in [-0.39, 0.29) is 10.8 Å². The number of rotatable bonds is 8. The largest absolute Gasteiger partial charge is 0.377 e. The lowest BCUT2D eigenvalue weighted by Crippen LogP contribution is -2.42. The Morgan fingerprint density at radius 1 is 0.774 bits per heavy atom. The Morgan fingerprint density at radius 2 is 1.29 bits per heavy atom. The number of hydrogen-bond donors (Lipinski definition) is 0. The summed E-state index contributed by atoms with van der Waals surface area (Å²) in [4.78, 5) is 0. The fourth-order valence-corrected chi connectivity index (χ4v) is 5.11. The van der Waals surface area contributed by atoms with Crippen molar-refractivity contribution in [2.75, 3.05) is 13.2 Å². The SMILES string of the molecule is CC(C)(C)COC1CCCCC1Cn1cc[n+](CC2CCCCC2OCC(C)(C)C)c1. The molecule has 1 aromatic heterocycles. The summed E-state index contributed by atoms with van der Waals surface area (Å²) in [6.45, 7) is 17.5. The molecule has 2 fully saturated rings. The van der Waals surface area contributed by atoms with Gasteiger partial charge in [-0.25, -0.2) is 9.13 Å². The number of nitrogens with zero attached hydrogens (tertiary/aromatic N) is 2. The molecular weight excluding hydrogens is 384 g/mol. The van der Waals surface area contributed by atoms with Crippen LogP contribution in [0, 0.1) is 22.7 Å². The van der Waals surface area contributed by atoms with Crippen LogP contribution in [0.5, 0.6) is 0 Å². The summed E-state index contributed by atoms with van der Waals surface area (Å²) in [7, 11) is 0. The smallest absolute Gasteiger partial charge is 0.243 e. The molecule has 178 valence electrons. The van der Waals surface area contributed by atoms with Gasteiger partial charge in [0.1, 0.15) is 12.4 Å². The van der Waals surface area contributed by atoms with E-state index in [1.807, 2.05) is 0 Å². The normalized spacial score (nSPS) is 28.1. The molecule has 0 aromatic carbocycles. The molecule has 0 amide bonds. The second-order valence-corrected chi connectivity index (χ2v) is 12.7. The van der Waals surface area contributed by atoms with Crippen molar-refractivity contribution in [3.05, 3.63) is 18.7 Å². The van der Waals surface area contributed by atoms with Crippen molar-refractivity contribution in [1.29, 1.82) is 0 Å². The van der Waals surface area contributed by atoms with Gasteiger partial charge in [-0.15, -0.1) is 0 Å². The molecule has 31 heavy (non-hydrogen) atoms. The topological polar surface area (TPSA) is 27.3 Å². The van der Waals surface area contributed by atoms with Crippen LogP contribution in [0.25, 0.3) is 0 Å². The van der Waals surface area contributed by atoms with Gasteiger partial charge in [0.25, 0.3) is 0 Å². The molecule has 2 aliphatic rings. The van der Waals surface area contributed by atoms with Gasteiger partial charge in [0, 0.05) is 11.8 Å². The summed E-state index contributed by atoms with van der Waals surface area (Å²) in [6, 6.07) is 0. The predicted octanol–water partition coefficient (Wildman–Crippen LogP) is 6.02. The quantitative estimate of drug-likeness (QED) is 0.469. The van der Waals surface area contributed by atoms with E-state index in [1.54, 1.807) is 0 Å². The third kappa shape index (κ3) is 8.53. The molecule has 0 N–H and O–H groups in total. The molecule has 0 aliphatic heterocycles. The first kappa shape index (κ1) is 24.8. The summed E-state index contributed by atoms with van der Waals surface area (Å²) in [5, 5.41) is 0. The maximum Gasteiger partial charge on any atom is 0.243 e. The average Bonchev–Trinajstić information content (AvgIpc) is 3.12. The van der Waals surface area contributed by atoms with E-state index in [0.29, 0.717) is 24.0 Å². The molecule has 3 rings (SSSR count). The highest BCUT2D eigenvalue weighted by atomic mass is 16.5. The third-order valence-corrected chi connectivity index (χ3v) is 6.78. The van der Waals surface area contributed by atoms with Crippen molar-refractivity contribution >= 4 is 0 Å². The van der Waals surface area contributed by atoms with E-state index < -0.39 is 0 Å². The molecule has 4 heteroatoms. The minimum absolute atomic E-state index is 0.240. The van der Waals surface area contributed by atoms with Crippen LogP contribution in [0.15, 0.2) is 18.7 Å². The van der Waals surface area contributed by atoms with Crippen LogP contribution in [0.4, 0.5) is 0 Å². The molecular formula is C27H49N2O2+. The van der Waals surface area contributed by atoms with Crippen molar-refractivity contribution in [3.8, 4) is 0 Å². The zero-order valence-electron chi connectivity index (χ0n) is 21.2. The van der Waals surface area contributed by atoms with E-state index in [1.165, 1.54) is 51.4 Å². The van der Waals surface area contributed by atoms with Crippen molar-refractivity contribution in [3.63, 3.8) is 0 Å². The fourth-order valence-electron chi connectivity index (χ4n) is 5.11. The lowest BCUT2D eigenvalue weighted by Gasteiger charge is -2.33. The van der Waals surface area contributed by atoms with Gasteiger partial charge in [0.05, 0.1) is 38.5 Å². The van der Waals surface area contributed by atoms with Gasteiger partial charge in [0.2, 0.25) is 6.33 Å². The maximum atomic E-state index is 6.39. The molecule has 1 aromatic rings. The molecule has 2 saturated carbocycles. The zero-order valence-corrected chi connectivity index (χ0v) is 21.2. The molecule has 1 heterocycles. The van der Waals surface area contributed by atoms with Gasteiger partial charge in [0.15, 0.2) is 0 Å². The second-order valence-electron chi connectivity index (χ2n) is 12.7. The molecule has 0 saturated heterocycles. The van der Waals surface area contributed by atoms with E-state index in [2.05, 4.69) is 69.4 Å². The molecule has 4 atom stereocenters. The average molecular weight is 434 g/mol. The van der Waals surface area contributed by atoms with Crippen LogP contribution < -0.4 is 4.57 Å². The molecule has 4 unspecified atom stereocenters. The minimum atomic E-state index is 0.240. The molecule has 0 spiro atoms. The van der Waals surface area contributed by atoms with E-state index in [0.717, 1.165) is 26.3 Å². The Morgan fingerprint density at radius 3 is 1.87 bits per heavy atom. The maximum absolute atomic E-state index is 6.39. The summed E-state index contributed by atoms with van der Waals surface area (Å²) in [5.41, 5.74) is 0.480. The Kier molecular flexibility index (Phi) is 8.65. The van der Waals surface area contributed by atoms with Gasteiger partial charge in [-0.1, -0.05) is 67.2 Å². The van der Waals surface area contributed by atoms with Crippen LogP contribution in [-0.4, -0.2) is 30.0 Å². The number of imidazole rings is 1. The lowest BCUT2D eigenvalue weighted by molar-refractivity contribution is -0.704. The van der Waals surface area contributed by atoms with Crippen LogP contribution in [-0.2, 0) is 22.6 Å². The summed E-state index contributed by atoms with van der Waals surface area (Å²) >= 11 is 0. The Labute approximate surface area is 191 Å². The van der Waals surface area contributed by atoms with Crippen LogP contribution in [0.2, 0.25) is 0 Å². The second kappa shape index (κ2) is 10.8. The first-order valence-electron chi connectivity index (χ1n) is 12.9. The van der Waals surface area contributed by atoms with E-state index in [4.69, 9.17) is 9.47 Å². The molecule has 2 aliphatic carbocycles. The zero-order chi connectivity index (χ0) is 22.5. The third-order valence-electron chi connectivity index (χ3n) is 6.78. The highest BCUT2D eigenvalue weighted by Gasteiger charge is 2.31. The number of hydrogen-bond acceptors (Lipinski definition) is 2. The van der Waals surface area contributed by atoms with Crippen molar-refractivity contribution < 1.29 is 14.0 Å². The lowest BCUT2D eigenvalue weighted by atomic mass is 9.86. The summed E-state index contributed by atoms with van der Waals surface area (Å²) < 4.78 is 17.6. The molecule has 4 nitrogen and oxygen atoms in total. The van der Waals surface area contributed by atoms with Gasteiger partial charge in [-0.3, -0.25) is 0 Å². The van der Waals surface area contributed by atoms with Crippen molar-refractivity contribution in [2.24, 2.45) is 22.7 Å². The fraction of sp³-hybridized carbons (Fsp3) is 0.889. The molecule has 0 bridgehead atoms. The predicted molar refractivity (Wildman–Crippen MR) is 127 cm³/mol. The minimum Gasteiger partial charge on any atom is -0.377 e. The highest BCUT2D eigenvalue weighted by molar-refractivity contribution is 4.80. The Balaban J connectivity index is 1.55. The Bertz CT molecular complexity index is 600. The van der Waals surface area contributed by atoms with Gasteiger partial charge in [-0.05, 0) is 36.5 Å². The monoisotopic (exact) mass is 433 g/mol. The van der Waals surface area contributed by atoms with Crippen LogP contribution in [0.3, 0.4) is 0 Å². The highest BCUT2D eigenvalue weighted by Crippen LogP contribution is 2.31. The van der Waals surface area contributed by atoms with Gasteiger partial charge >= 0.3 is 0 Å². The van der Waals surface area contributed by atoms with Crippen LogP contribution >= 0.6 is 0 Å². The molecule has 0 radical (unpaired) electrons. The number of ether oxygens (including phenoxy) is 2. The number of aromatic nitrogens is 2.